The molecule has 2 aromatic carbocycles. The van der Waals surface area contributed by atoms with Crippen LogP contribution in [0.2, 0.25) is 0 Å². The molecule has 0 aliphatic rings. The van der Waals surface area contributed by atoms with Gasteiger partial charge in [0.2, 0.25) is 0 Å². The first-order chi connectivity index (χ1) is 11.9. The zero-order chi connectivity index (χ0) is 18.4. The minimum absolute atomic E-state index is 0.171. The zero-order valence-corrected chi connectivity index (χ0v) is 16.5. The van der Waals surface area contributed by atoms with Gasteiger partial charge in [-0.25, -0.2) is 0 Å². The number of thiocarbonyl (C=S) groups is 1. The smallest absolute Gasteiger partial charge is 0.171 e. The Balaban J connectivity index is 2.00. The second-order valence-corrected chi connectivity index (χ2v) is 7.02. The molecule has 0 bridgehead atoms. The van der Waals surface area contributed by atoms with Gasteiger partial charge in [-0.15, -0.1) is 0 Å². The van der Waals surface area contributed by atoms with Crippen LogP contribution in [0.1, 0.15) is 49.9 Å². The third-order valence-electron chi connectivity index (χ3n) is 4.00. The first kappa shape index (κ1) is 19.3. The van der Waals surface area contributed by atoms with Crippen molar-refractivity contribution in [3.8, 4) is 5.75 Å². The summed E-state index contributed by atoms with van der Waals surface area (Å²) >= 11 is 5.50. The van der Waals surface area contributed by atoms with E-state index in [1.54, 1.807) is 0 Å². The van der Waals surface area contributed by atoms with Gasteiger partial charge < -0.3 is 15.4 Å². The third kappa shape index (κ3) is 5.75. The Morgan fingerprint density at radius 1 is 1.08 bits per heavy atom. The molecule has 134 valence electrons. The normalized spacial score (nSPS) is 11.9. The highest BCUT2D eigenvalue weighted by Crippen LogP contribution is 2.22. The molecule has 0 aliphatic heterocycles. The number of hydrogen-bond acceptors (Lipinski definition) is 2. The molecule has 0 heterocycles. The number of anilines is 1. The Kier molecular flexibility index (Phi) is 6.82. The van der Waals surface area contributed by atoms with Crippen molar-refractivity contribution in [2.75, 3.05) is 5.32 Å². The topological polar surface area (TPSA) is 33.3 Å². The van der Waals surface area contributed by atoms with E-state index in [2.05, 4.69) is 49.6 Å². The molecule has 0 spiro atoms. The van der Waals surface area contributed by atoms with Crippen LogP contribution in [-0.4, -0.2) is 11.2 Å². The van der Waals surface area contributed by atoms with Gasteiger partial charge in [-0.05, 0) is 81.7 Å². The summed E-state index contributed by atoms with van der Waals surface area (Å²) < 4.78 is 5.66. The molecule has 0 amide bonds. The molecule has 1 atom stereocenters. The lowest BCUT2D eigenvalue weighted by Crippen LogP contribution is -2.32. The van der Waals surface area contributed by atoms with Gasteiger partial charge in [0.05, 0.1) is 12.1 Å². The first-order valence-electron chi connectivity index (χ1n) is 8.80. The van der Waals surface area contributed by atoms with Crippen molar-refractivity contribution >= 4 is 23.0 Å². The number of rotatable bonds is 6. The Morgan fingerprint density at radius 2 is 1.76 bits per heavy atom. The molecule has 3 nitrogen and oxygen atoms in total. The van der Waals surface area contributed by atoms with E-state index in [0.717, 1.165) is 17.9 Å². The van der Waals surface area contributed by atoms with Gasteiger partial charge in [0, 0.05) is 5.69 Å². The van der Waals surface area contributed by atoms with Crippen LogP contribution in [0.4, 0.5) is 5.69 Å². The van der Waals surface area contributed by atoms with Crippen LogP contribution in [0.3, 0.4) is 0 Å². The summed E-state index contributed by atoms with van der Waals surface area (Å²) in [6.07, 6.45) is 1.14. The Labute approximate surface area is 156 Å². The molecular weight excluding hydrogens is 328 g/mol. The van der Waals surface area contributed by atoms with E-state index in [4.69, 9.17) is 17.0 Å². The summed E-state index contributed by atoms with van der Waals surface area (Å²) in [5.41, 5.74) is 4.81. The maximum atomic E-state index is 5.66. The van der Waals surface area contributed by atoms with E-state index >= 15 is 0 Å². The van der Waals surface area contributed by atoms with Crippen LogP contribution in [0.25, 0.3) is 0 Å². The van der Waals surface area contributed by atoms with Crippen LogP contribution in [0.15, 0.2) is 42.5 Å². The fourth-order valence-corrected chi connectivity index (χ4v) is 3.09. The highest BCUT2D eigenvalue weighted by molar-refractivity contribution is 7.80. The van der Waals surface area contributed by atoms with Crippen molar-refractivity contribution in [1.82, 2.24) is 5.32 Å². The Hall–Kier alpha value is -2.07. The Bertz CT molecular complexity index is 710. The second kappa shape index (κ2) is 8.86. The molecule has 25 heavy (non-hydrogen) atoms. The van der Waals surface area contributed by atoms with Gasteiger partial charge in [-0.3, -0.25) is 0 Å². The van der Waals surface area contributed by atoms with Crippen molar-refractivity contribution in [3.05, 3.63) is 59.2 Å². The number of benzene rings is 2. The quantitative estimate of drug-likeness (QED) is 0.667. The summed E-state index contributed by atoms with van der Waals surface area (Å²) in [4.78, 5) is 0. The van der Waals surface area contributed by atoms with E-state index in [0.29, 0.717) is 5.11 Å². The number of aryl methyl sites for hydroxylation is 2. The monoisotopic (exact) mass is 356 g/mol. The number of nitrogens with one attached hydrogen (secondary N) is 2. The summed E-state index contributed by atoms with van der Waals surface area (Å²) in [6.45, 7) is 10.5. The lowest BCUT2D eigenvalue weighted by atomic mass is 9.98. The van der Waals surface area contributed by atoms with Crippen LogP contribution >= 0.6 is 12.2 Å². The van der Waals surface area contributed by atoms with E-state index in [-0.39, 0.29) is 12.1 Å². The molecular formula is C21H28N2OS. The first-order valence-corrected chi connectivity index (χ1v) is 9.21. The van der Waals surface area contributed by atoms with Gasteiger partial charge in [0.15, 0.2) is 5.11 Å². The fraction of sp³-hybridized carbons (Fsp3) is 0.381. The van der Waals surface area contributed by atoms with Crippen molar-refractivity contribution in [3.63, 3.8) is 0 Å². The standard InChI is InChI=1S/C21H28N2OS/c1-6-20(19-12-7-15(4)13-16(19)5)23-21(25)22-17-8-10-18(11-9-17)24-14(2)3/h7-14,20H,6H2,1-5H3,(H2,22,23,25)/t20-/m1/s1. The van der Waals surface area contributed by atoms with Gasteiger partial charge in [0.1, 0.15) is 5.75 Å². The van der Waals surface area contributed by atoms with E-state index in [1.807, 2.05) is 38.1 Å². The molecule has 0 saturated carbocycles. The summed E-state index contributed by atoms with van der Waals surface area (Å²) in [6, 6.07) is 14.6. The van der Waals surface area contributed by atoms with Gasteiger partial charge in [-0.1, -0.05) is 30.7 Å². The van der Waals surface area contributed by atoms with Crippen molar-refractivity contribution < 1.29 is 4.74 Å². The minimum atomic E-state index is 0.171. The van der Waals surface area contributed by atoms with Crippen molar-refractivity contribution in [1.29, 1.82) is 0 Å². The van der Waals surface area contributed by atoms with Crippen molar-refractivity contribution in [2.24, 2.45) is 0 Å². The van der Waals surface area contributed by atoms with E-state index < -0.39 is 0 Å². The lowest BCUT2D eigenvalue weighted by Gasteiger charge is -2.22. The molecule has 2 rings (SSSR count). The molecule has 2 aromatic rings. The largest absolute Gasteiger partial charge is 0.491 e. The molecule has 4 heteroatoms. The second-order valence-electron chi connectivity index (χ2n) is 6.61. The average Bonchev–Trinajstić information content (AvgIpc) is 2.54. The maximum Gasteiger partial charge on any atom is 0.171 e. The predicted octanol–water partition coefficient (Wildman–Crippen LogP) is 5.53. The fourth-order valence-electron chi connectivity index (χ4n) is 2.83. The van der Waals surface area contributed by atoms with Crippen molar-refractivity contribution in [2.45, 2.75) is 53.2 Å². The molecule has 0 radical (unpaired) electrons. The molecule has 2 N–H and O–H groups in total. The predicted molar refractivity (Wildman–Crippen MR) is 111 cm³/mol. The highest BCUT2D eigenvalue weighted by atomic mass is 32.1. The van der Waals surface area contributed by atoms with Crippen LogP contribution in [0.5, 0.6) is 5.75 Å². The number of hydrogen-bond donors (Lipinski definition) is 2. The summed E-state index contributed by atoms with van der Waals surface area (Å²) in [7, 11) is 0. The van der Waals surface area contributed by atoms with Crippen LogP contribution < -0.4 is 15.4 Å². The molecule has 0 aromatic heterocycles. The minimum Gasteiger partial charge on any atom is -0.491 e. The molecule has 0 unspecified atom stereocenters. The Morgan fingerprint density at radius 3 is 2.32 bits per heavy atom. The maximum absolute atomic E-state index is 5.66. The van der Waals surface area contributed by atoms with Gasteiger partial charge in [-0.2, -0.15) is 0 Å². The SMILES string of the molecule is CC[C@@H](NC(=S)Nc1ccc(OC(C)C)cc1)c1ccc(C)cc1C. The third-order valence-corrected chi connectivity index (χ3v) is 4.22. The van der Waals surface area contributed by atoms with Crippen LogP contribution in [-0.2, 0) is 0 Å². The van der Waals surface area contributed by atoms with E-state index in [1.165, 1.54) is 16.7 Å². The number of ether oxygens (including phenoxy) is 1. The molecule has 0 saturated heterocycles. The average molecular weight is 357 g/mol. The molecule has 0 aliphatic carbocycles. The summed E-state index contributed by atoms with van der Waals surface area (Å²) in [5.74, 6) is 0.862. The lowest BCUT2D eigenvalue weighted by molar-refractivity contribution is 0.242. The van der Waals surface area contributed by atoms with Gasteiger partial charge >= 0.3 is 0 Å². The van der Waals surface area contributed by atoms with E-state index in [9.17, 15) is 0 Å². The highest BCUT2D eigenvalue weighted by Gasteiger charge is 2.13. The van der Waals surface area contributed by atoms with Gasteiger partial charge in [0.25, 0.3) is 0 Å². The molecule has 0 fully saturated rings. The zero-order valence-electron chi connectivity index (χ0n) is 15.7. The van der Waals surface area contributed by atoms with Crippen LogP contribution in [0, 0.1) is 13.8 Å². The summed E-state index contributed by atoms with van der Waals surface area (Å²) in [5, 5.41) is 7.31.